The molecule has 1 aliphatic heterocycles. The van der Waals surface area contributed by atoms with Gasteiger partial charge in [-0.05, 0) is 42.0 Å². The fraction of sp³-hybridized carbons (Fsp3) is 0.150. The number of imide groups is 1. The number of anilines is 2. The van der Waals surface area contributed by atoms with E-state index >= 15 is 0 Å². The molecule has 0 spiro atoms. The first-order valence-electron chi connectivity index (χ1n) is 8.26. The smallest absolute Gasteiger partial charge is 0.277 e. The number of carbonyl (C=O) groups excluding carboxylic acids is 3. The Morgan fingerprint density at radius 2 is 1.52 bits per heavy atom. The zero-order chi connectivity index (χ0) is 19.6. The summed E-state index contributed by atoms with van der Waals surface area (Å²) >= 11 is 0. The van der Waals surface area contributed by atoms with Gasteiger partial charge in [0, 0.05) is 25.3 Å². The Morgan fingerprint density at radius 3 is 2.07 bits per heavy atom. The molecule has 1 heterocycles. The molecule has 0 unspecified atom stereocenters. The van der Waals surface area contributed by atoms with Gasteiger partial charge in [0.1, 0.15) is 11.4 Å². The van der Waals surface area contributed by atoms with Crippen molar-refractivity contribution in [2.45, 2.75) is 6.92 Å². The maximum Gasteiger partial charge on any atom is 0.277 e. The highest BCUT2D eigenvalue weighted by Crippen LogP contribution is 2.30. The molecule has 3 amide bonds. The monoisotopic (exact) mass is 365 g/mol. The molecule has 1 aliphatic rings. The first-order valence-corrected chi connectivity index (χ1v) is 8.26. The summed E-state index contributed by atoms with van der Waals surface area (Å²) in [7, 11) is 3.01. The quantitative estimate of drug-likeness (QED) is 0.795. The molecule has 0 radical (unpaired) electrons. The molecule has 27 heavy (non-hydrogen) atoms. The van der Waals surface area contributed by atoms with Gasteiger partial charge in [-0.15, -0.1) is 0 Å². The van der Waals surface area contributed by atoms with Crippen LogP contribution in [0.2, 0.25) is 0 Å². The second kappa shape index (κ2) is 7.33. The molecule has 7 nitrogen and oxygen atoms in total. The minimum Gasteiger partial charge on any atom is -0.497 e. The Labute approximate surface area is 156 Å². The number of ether oxygens (including phenoxy) is 1. The standard InChI is InChI=1S/C20H19N3O4/c1-12(24)21-14-6-4-13(5-7-14)17-18(20(26)23(2)19(17)25)22-15-8-10-16(27-3)11-9-15/h4-11,22H,1-3H3,(H,21,24). The van der Waals surface area contributed by atoms with Crippen LogP contribution in [-0.4, -0.2) is 36.8 Å². The lowest BCUT2D eigenvalue weighted by molar-refractivity contribution is -0.135. The van der Waals surface area contributed by atoms with E-state index in [0.717, 1.165) is 4.90 Å². The highest BCUT2D eigenvalue weighted by molar-refractivity contribution is 6.36. The topological polar surface area (TPSA) is 87.7 Å². The summed E-state index contributed by atoms with van der Waals surface area (Å²) in [6, 6.07) is 13.8. The molecule has 3 rings (SSSR count). The van der Waals surface area contributed by atoms with Crippen molar-refractivity contribution >= 4 is 34.7 Å². The first-order chi connectivity index (χ1) is 12.9. The fourth-order valence-corrected chi connectivity index (χ4v) is 2.77. The Bertz CT molecular complexity index is 931. The summed E-state index contributed by atoms with van der Waals surface area (Å²) < 4.78 is 5.12. The van der Waals surface area contributed by atoms with Crippen LogP contribution >= 0.6 is 0 Å². The normalized spacial score (nSPS) is 13.8. The van der Waals surface area contributed by atoms with Crippen LogP contribution in [0.15, 0.2) is 54.2 Å². The zero-order valence-corrected chi connectivity index (χ0v) is 15.2. The van der Waals surface area contributed by atoms with Crippen molar-refractivity contribution in [3.63, 3.8) is 0 Å². The fourth-order valence-electron chi connectivity index (χ4n) is 2.77. The van der Waals surface area contributed by atoms with Crippen LogP contribution in [-0.2, 0) is 14.4 Å². The van der Waals surface area contributed by atoms with E-state index in [1.54, 1.807) is 55.6 Å². The van der Waals surface area contributed by atoms with Crippen molar-refractivity contribution in [3.8, 4) is 5.75 Å². The number of nitrogens with zero attached hydrogens (tertiary/aromatic N) is 1. The molecule has 0 saturated heterocycles. The summed E-state index contributed by atoms with van der Waals surface area (Å²) in [5.74, 6) is -0.287. The second-order valence-corrected chi connectivity index (χ2v) is 6.03. The van der Waals surface area contributed by atoms with Gasteiger partial charge in [-0.2, -0.15) is 0 Å². The molecular weight excluding hydrogens is 346 g/mol. The summed E-state index contributed by atoms with van der Waals surface area (Å²) in [6.45, 7) is 1.42. The predicted octanol–water partition coefficient (Wildman–Crippen LogP) is 2.48. The molecule has 0 fully saturated rings. The van der Waals surface area contributed by atoms with Gasteiger partial charge in [0.05, 0.1) is 12.7 Å². The van der Waals surface area contributed by atoms with Gasteiger partial charge in [0.2, 0.25) is 5.91 Å². The van der Waals surface area contributed by atoms with E-state index in [0.29, 0.717) is 22.7 Å². The number of nitrogens with one attached hydrogen (secondary N) is 2. The Balaban J connectivity index is 1.97. The number of hydrogen-bond acceptors (Lipinski definition) is 5. The average molecular weight is 365 g/mol. The molecule has 138 valence electrons. The lowest BCUT2D eigenvalue weighted by Gasteiger charge is -2.09. The van der Waals surface area contributed by atoms with Gasteiger partial charge < -0.3 is 15.4 Å². The number of hydrogen-bond donors (Lipinski definition) is 2. The second-order valence-electron chi connectivity index (χ2n) is 6.03. The molecule has 0 aromatic heterocycles. The summed E-state index contributed by atoms with van der Waals surface area (Å²) in [6.07, 6.45) is 0. The van der Waals surface area contributed by atoms with Gasteiger partial charge in [0.25, 0.3) is 11.8 Å². The van der Waals surface area contributed by atoms with Crippen molar-refractivity contribution in [3.05, 3.63) is 59.8 Å². The van der Waals surface area contributed by atoms with E-state index in [9.17, 15) is 14.4 Å². The number of benzene rings is 2. The van der Waals surface area contributed by atoms with Gasteiger partial charge in [-0.3, -0.25) is 19.3 Å². The van der Waals surface area contributed by atoms with Gasteiger partial charge in [0.15, 0.2) is 0 Å². The van der Waals surface area contributed by atoms with Crippen LogP contribution in [0, 0.1) is 0 Å². The average Bonchev–Trinajstić information content (AvgIpc) is 2.87. The zero-order valence-electron chi connectivity index (χ0n) is 15.2. The Kier molecular flexibility index (Phi) is 4.94. The third-order valence-electron chi connectivity index (χ3n) is 4.14. The number of likely N-dealkylation sites (N-methyl/N-ethyl adjacent to an activating group) is 1. The summed E-state index contributed by atoms with van der Waals surface area (Å²) in [5.41, 5.74) is 2.35. The highest BCUT2D eigenvalue weighted by Gasteiger charge is 2.36. The molecule has 2 N–H and O–H groups in total. The highest BCUT2D eigenvalue weighted by atomic mass is 16.5. The van der Waals surface area contributed by atoms with E-state index in [4.69, 9.17) is 4.74 Å². The van der Waals surface area contributed by atoms with Crippen molar-refractivity contribution in [2.75, 3.05) is 24.8 Å². The molecule has 2 aromatic rings. The third-order valence-corrected chi connectivity index (χ3v) is 4.14. The predicted molar refractivity (Wildman–Crippen MR) is 102 cm³/mol. The van der Waals surface area contributed by atoms with Crippen molar-refractivity contribution in [1.82, 2.24) is 4.90 Å². The van der Waals surface area contributed by atoms with Crippen LogP contribution in [0.4, 0.5) is 11.4 Å². The Morgan fingerprint density at radius 1 is 0.926 bits per heavy atom. The number of methoxy groups -OCH3 is 1. The van der Waals surface area contributed by atoms with Gasteiger partial charge in [-0.1, -0.05) is 12.1 Å². The van der Waals surface area contributed by atoms with Gasteiger partial charge >= 0.3 is 0 Å². The van der Waals surface area contributed by atoms with Gasteiger partial charge in [-0.25, -0.2) is 0 Å². The number of amides is 3. The van der Waals surface area contributed by atoms with Crippen molar-refractivity contribution in [1.29, 1.82) is 0 Å². The minimum absolute atomic E-state index is 0.185. The van der Waals surface area contributed by atoms with Crippen LogP contribution in [0.25, 0.3) is 5.57 Å². The molecule has 0 atom stereocenters. The molecule has 0 bridgehead atoms. The largest absolute Gasteiger partial charge is 0.497 e. The van der Waals surface area contributed by atoms with Crippen LogP contribution in [0.3, 0.4) is 0 Å². The van der Waals surface area contributed by atoms with E-state index in [1.807, 2.05) is 0 Å². The van der Waals surface area contributed by atoms with E-state index in [-0.39, 0.29) is 23.1 Å². The first kappa shape index (κ1) is 18.2. The molecule has 7 heteroatoms. The van der Waals surface area contributed by atoms with E-state index < -0.39 is 5.91 Å². The summed E-state index contributed by atoms with van der Waals surface area (Å²) in [5, 5.41) is 5.71. The SMILES string of the molecule is COc1ccc(NC2=C(c3ccc(NC(C)=O)cc3)C(=O)N(C)C2=O)cc1. The van der Waals surface area contributed by atoms with Crippen LogP contribution in [0.1, 0.15) is 12.5 Å². The van der Waals surface area contributed by atoms with E-state index in [2.05, 4.69) is 10.6 Å². The van der Waals surface area contributed by atoms with Crippen LogP contribution in [0.5, 0.6) is 5.75 Å². The molecule has 0 aliphatic carbocycles. The molecular formula is C20H19N3O4. The van der Waals surface area contributed by atoms with Crippen molar-refractivity contribution < 1.29 is 19.1 Å². The van der Waals surface area contributed by atoms with E-state index in [1.165, 1.54) is 14.0 Å². The van der Waals surface area contributed by atoms with Crippen molar-refractivity contribution in [2.24, 2.45) is 0 Å². The number of carbonyl (C=O) groups is 3. The Hall–Kier alpha value is -3.61. The van der Waals surface area contributed by atoms with Crippen LogP contribution < -0.4 is 15.4 Å². The lowest BCUT2D eigenvalue weighted by Crippen LogP contribution is -2.27. The molecule has 0 saturated carbocycles. The maximum absolute atomic E-state index is 12.6. The lowest BCUT2D eigenvalue weighted by atomic mass is 10.0. The number of rotatable bonds is 5. The third kappa shape index (κ3) is 3.67. The minimum atomic E-state index is -0.406. The maximum atomic E-state index is 12.6. The summed E-state index contributed by atoms with van der Waals surface area (Å²) in [4.78, 5) is 37.4. The molecule has 2 aromatic carbocycles.